The predicted octanol–water partition coefficient (Wildman–Crippen LogP) is 8.44. The maximum atomic E-state index is 13.1. The normalized spacial score (nSPS) is 23.0. The summed E-state index contributed by atoms with van der Waals surface area (Å²) in [7, 11) is 0. The molecule has 176 valence electrons. The van der Waals surface area contributed by atoms with Crippen LogP contribution in [0.5, 0.6) is 0 Å². The smallest absolute Gasteiger partial charge is 0.248 e. The van der Waals surface area contributed by atoms with Gasteiger partial charge in [0.25, 0.3) is 0 Å². The highest BCUT2D eigenvalue weighted by Gasteiger charge is 2.68. The molecule has 2 saturated carbocycles. The number of rotatable bonds is 6. The summed E-state index contributed by atoms with van der Waals surface area (Å²) in [5.74, 6) is -5.44. The van der Waals surface area contributed by atoms with Crippen LogP contribution in [0.4, 0.5) is 14.5 Å². The van der Waals surface area contributed by atoms with Gasteiger partial charge < -0.3 is 5.32 Å². The second-order valence-corrected chi connectivity index (χ2v) is 11.4. The molecule has 1 N–H and O–H groups in total. The van der Waals surface area contributed by atoms with Crippen LogP contribution in [0.1, 0.15) is 41.1 Å². The van der Waals surface area contributed by atoms with Crippen molar-refractivity contribution in [3.8, 4) is 0 Å². The maximum absolute atomic E-state index is 13.1. The summed E-state index contributed by atoms with van der Waals surface area (Å²) in [6.07, 6.45) is -0.680. The fraction of sp³-hybridized carbons (Fsp3) is 0.364. The van der Waals surface area contributed by atoms with Crippen LogP contribution in [-0.2, 0) is 4.79 Å². The van der Waals surface area contributed by atoms with E-state index in [9.17, 15) is 18.4 Å². The largest absolute Gasteiger partial charge is 0.326 e. The molecule has 2 aliphatic rings. The van der Waals surface area contributed by atoms with Gasteiger partial charge in [0.05, 0.1) is 21.0 Å². The van der Waals surface area contributed by atoms with Gasteiger partial charge in [-0.25, -0.2) is 8.78 Å². The molecule has 2 unspecified atom stereocenters. The third-order valence-corrected chi connectivity index (χ3v) is 8.21. The van der Waals surface area contributed by atoms with Crippen molar-refractivity contribution in [3.05, 3.63) is 61.5 Å². The number of hydrogen-bond donors (Lipinski definition) is 1. The molecule has 0 heterocycles. The summed E-state index contributed by atoms with van der Waals surface area (Å²) >= 11 is 37.2. The highest BCUT2D eigenvalue weighted by Crippen LogP contribution is 2.66. The molecule has 4 rings (SSSR count). The molecule has 0 saturated heterocycles. The summed E-state index contributed by atoms with van der Waals surface area (Å²) in [5, 5.41) is 3.62. The summed E-state index contributed by atoms with van der Waals surface area (Å²) in [4.78, 5) is 25.5. The van der Waals surface area contributed by atoms with Crippen LogP contribution in [0.15, 0.2) is 30.3 Å². The Kier molecular flexibility index (Phi) is 6.89. The van der Waals surface area contributed by atoms with Gasteiger partial charge in [0.2, 0.25) is 11.8 Å². The Morgan fingerprint density at radius 2 is 1.58 bits per heavy atom. The van der Waals surface area contributed by atoms with Crippen LogP contribution in [0.3, 0.4) is 0 Å². The predicted molar refractivity (Wildman–Crippen MR) is 129 cm³/mol. The van der Waals surface area contributed by atoms with Crippen molar-refractivity contribution >= 4 is 87.0 Å². The van der Waals surface area contributed by atoms with E-state index >= 15 is 0 Å². The van der Waals surface area contributed by atoms with Gasteiger partial charge in [-0.2, -0.15) is 0 Å². The Labute approximate surface area is 218 Å². The maximum Gasteiger partial charge on any atom is 0.248 e. The van der Waals surface area contributed by atoms with Crippen molar-refractivity contribution in [2.24, 2.45) is 11.8 Å². The molecule has 0 radical (unpaired) electrons. The zero-order valence-electron chi connectivity index (χ0n) is 16.6. The Bertz CT molecular complexity index is 1150. The number of ketones is 1. The zero-order valence-corrected chi connectivity index (χ0v) is 21.1. The number of halogens is 8. The highest BCUT2D eigenvalue weighted by molar-refractivity contribution is 6.54. The number of anilines is 1. The molecule has 0 bridgehead atoms. The fourth-order valence-electron chi connectivity index (χ4n) is 4.15. The van der Waals surface area contributed by atoms with E-state index in [1.54, 1.807) is 0 Å². The fourth-order valence-corrected chi connectivity index (χ4v) is 5.86. The number of nitrogens with one attached hydrogen (secondary N) is 1. The Balaban J connectivity index is 1.48. The van der Waals surface area contributed by atoms with Gasteiger partial charge in [0.15, 0.2) is 5.78 Å². The average molecular weight is 576 g/mol. The monoisotopic (exact) mass is 573 g/mol. The second-order valence-electron chi connectivity index (χ2n) is 8.36. The molecule has 2 aromatic carbocycles. The van der Waals surface area contributed by atoms with Crippen LogP contribution in [0.25, 0.3) is 0 Å². The zero-order chi connectivity index (χ0) is 24.3. The lowest BCUT2D eigenvalue weighted by molar-refractivity contribution is -0.117. The summed E-state index contributed by atoms with van der Waals surface area (Å²) in [6.45, 7) is 0. The third kappa shape index (κ3) is 5.10. The average Bonchev–Trinajstić information content (AvgIpc) is 3.26. The molecular formula is C22H15Cl6F2NO2. The van der Waals surface area contributed by atoms with E-state index in [1.165, 1.54) is 30.3 Å². The number of carbonyl (C=O) groups is 2. The van der Waals surface area contributed by atoms with Crippen molar-refractivity contribution in [3.63, 3.8) is 0 Å². The minimum atomic E-state index is -2.71. The van der Waals surface area contributed by atoms with Gasteiger partial charge in [-0.15, -0.1) is 23.2 Å². The SMILES string of the molecule is O=C(CC1CC(F)(F)C1)c1cc(NC(=O)C2C(c3cc(Cl)c(Cl)cc3Cl)C2(Cl)Cl)ccc1Cl. The van der Waals surface area contributed by atoms with Gasteiger partial charge in [-0.3, -0.25) is 9.59 Å². The summed E-state index contributed by atoms with van der Waals surface area (Å²) in [6, 6.07) is 7.35. The molecule has 0 aromatic heterocycles. The van der Waals surface area contributed by atoms with E-state index in [-0.39, 0.29) is 50.7 Å². The molecule has 33 heavy (non-hydrogen) atoms. The number of hydrogen-bond acceptors (Lipinski definition) is 2. The van der Waals surface area contributed by atoms with E-state index in [2.05, 4.69) is 5.32 Å². The molecule has 11 heteroatoms. The molecule has 2 aliphatic carbocycles. The Hall–Kier alpha value is -0.820. The first-order valence-electron chi connectivity index (χ1n) is 9.84. The first-order valence-corrected chi connectivity index (χ1v) is 12.1. The lowest BCUT2D eigenvalue weighted by Crippen LogP contribution is -2.36. The van der Waals surface area contributed by atoms with Crippen LogP contribution in [-0.4, -0.2) is 21.9 Å². The topological polar surface area (TPSA) is 46.2 Å². The Morgan fingerprint density at radius 3 is 2.21 bits per heavy atom. The van der Waals surface area contributed by atoms with Crippen LogP contribution >= 0.6 is 69.6 Å². The van der Waals surface area contributed by atoms with Gasteiger partial charge in [-0.1, -0.05) is 46.4 Å². The standard InChI is InChI=1S/C22H15Cl6F2NO2/c23-13-2-1-10(4-11(13)17(32)3-9-7-21(29,30)8-9)31-20(33)19-18(22(19,27)28)12-5-15(25)16(26)6-14(12)24/h1-2,4-6,9,18-19H,3,7-8H2,(H,31,33). The minimum Gasteiger partial charge on any atom is -0.326 e. The van der Waals surface area contributed by atoms with Crippen molar-refractivity contribution in [2.45, 2.75) is 35.4 Å². The molecule has 2 aromatic rings. The van der Waals surface area contributed by atoms with Gasteiger partial charge in [-0.05, 0) is 41.8 Å². The van der Waals surface area contributed by atoms with Crippen molar-refractivity contribution in [2.75, 3.05) is 5.32 Å². The minimum absolute atomic E-state index is 0.0420. The number of benzene rings is 2. The van der Waals surface area contributed by atoms with E-state index < -0.39 is 33.9 Å². The lowest BCUT2D eigenvalue weighted by Gasteiger charge is -2.34. The van der Waals surface area contributed by atoms with Gasteiger partial charge in [0.1, 0.15) is 4.33 Å². The molecule has 2 fully saturated rings. The molecule has 1 amide bonds. The quantitative estimate of drug-likeness (QED) is 0.213. The molecule has 0 spiro atoms. The highest BCUT2D eigenvalue weighted by atomic mass is 35.5. The van der Waals surface area contributed by atoms with E-state index in [0.717, 1.165) is 0 Å². The van der Waals surface area contributed by atoms with Gasteiger partial charge >= 0.3 is 0 Å². The molecule has 0 aliphatic heterocycles. The van der Waals surface area contributed by atoms with E-state index in [0.29, 0.717) is 11.3 Å². The number of Topliss-reactive ketones (excluding diaryl/α,β-unsaturated/α-hetero) is 1. The summed E-state index contributed by atoms with van der Waals surface area (Å²) in [5.41, 5.74) is 0.926. The Morgan fingerprint density at radius 1 is 0.939 bits per heavy atom. The van der Waals surface area contributed by atoms with Gasteiger partial charge in [0, 0.05) is 41.5 Å². The number of amides is 1. The first kappa shape index (κ1) is 25.3. The van der Waals surface area contributed by atoms with Crippen LogP contribution in [0, 0.1) is 11.8 Å². The lowest BCUT2D eigenvalue weighted by atomic mass is 9.77. The molecule has 2 atom stereocenters. The third-order valence-electron chi connectivity index (χ3n) is 5.89. The van der Waals surface area contributed by atoms with Crippen molar-refractivity contribution in [1.29, 1.82) is 0 Å². The van der Waals surface area contributed by atoms with E-state index in [4.69, 9.17) is 69.6 Å². The van der Waals surface area contributed by atoms with Crippen molar-refractivity contribution in [1.82, 2.24) is 0 Å². The first-order chi connectivity index (χ1) is 15.3. The summed E-state index contributed by atoms with van der Waals surface area (Å²) < 4.78 is 24.7. The molecular weight excluding hydrogens is 561 g/mol. The van der Waals surface area contributed by atoms with Crippen LogP contribution in [0.2, 0.25) is 20.1 Å². The second kappa shape index (κ2) is 9.00. The molecule has 3 nitrogen and oxygen atoms in total. The van der Waals surface area contributed by atoms with Crippen molar-refractivity contribution < 1.29 is 18.4 Å². The number of alkyl halides is 4. The number of carbonyl (C=O) groups excluding carboxylic acids is 2. The van der Waals surface area contributed by atoms with E-state index in [1.807, 2.05) is 0 Å². The van der Waals surface area contributed by atoms with Crippen LogP contribution < -0.4 is 5.32 Å².